The molecule has 1 N–H and O–H groups in total. The van der Waals surface area contributed by atoms with Crippen molar-refractivity contribution in [3.05, 3.63) is 30.3 Å². The Kier molecular flexibility index (Phi) is 3.44. The molecule has 0 aliphatic heterocycles. The van der Waals surface area contributed by atoms with Crippen LogP contribution in [-0.4, -0.2) is 29.9 Å². The van der Waals surface area contributed by atoms with E-state index < -0.39 is 12.0 Å². The van der Waals surface area contributed by atoms with E-state index in [1.165, 1.54) is 11.8 Å². The molecule has 0 amide bonds. The number of carboxylic acids is 1. The maximum Gasteiger partial charge on any atom is 0.334 e. The zero-order valence-corrected chi connectivity index (χ0v) is 8.68. The maximum atomic E-state index is 11.2. The Bertz CT molecular complexity index is 347. The second-order valence-corrected chi connectivity index (χ2v) is 3.30. The molecule has 0 saturated heterocycles. The number of anilines is 1. The van der Waals surface area contributed by atoms with Crippen LogP contribution in [0.1, 0.15) is 6.92 Å². The van der Waals surface area contributed by atoms with Crippen LogP contribution in [0.3, 0.4) is 0 Å². The molecule has 0 spiro atoms. The first-order valence-corrected chi connectivity index (χ1v) is 4.55. The molecule has 4 heteroatoms. The van der Waals surface area contributed by atoms with E-state index in [1.54, 1.807) is 31.3 Å². The second kappa shape index (κ2) is 4.59. The van der Waals surface area contributed by atoms with Crippen molar-refractivity contribution < 1.29 is 14.7 Å². The summed E-state index contributed by atoms with van der Waals surface area (Å²) in [4.78, 5) is 23.5. The maximum absolute atomic E-state index is 11.2. The van der Waals surface area contributed by atoms with E-state index in [0.29, 0.717) is 5.69 Å². The Balaban J connectivity index is 2.96. The Labute approximate surface area is 88.1 Å². The first-order valence-electron chi connectivity index (χ1n) is 4.55. The van der Waals surface area contributed by atoms with Gasteiger partial charge in [-0.15, -0.1) is 0 Å². The number of rotatable bonds is 4. The number of Topliss-reactive ketones (excluding diaryl/α,β-unsaturated/α-hetero) is 1. The van der Waals surface area contributed by atoms with Crippen LogP contribution in [0.5, 0.6) is 0 Å². The highest BCUT2D eigenvalue weighted by atomic mass is 16.4. The number of nitrogens with zero attached hydrogens (tertiary/aromatic N) is 1. The molecule has 15 heavy (non-hydrogen) atoms. The average molecular weight is 207 g/mol. The lowest BCUT2D eigenvalue weighted by atomic mass is 10.1. The van der Waals surface area contributed by atoms with Crippen LogP contribution in [0.4, 0.5) is 5.69 Å². The third kappa shape index (κ3) is 2.56. The van der Waals surface area contributed by atoms with Crippen LogP contribution >= 0.6 is 0 Å². The van der Waals surface area contributed by atoms with E-state index in [4.69, 9.17) is 5.11 Å². The Morgan fingerprint density at radius 3 is 2.20 bits per heavy atom. The molecular formula is C11H13NO3. The van der Waals surface area contributed by atoms with Crippen molar-refractivity contribution in [2.24, 2.45) is 0 Å². The summed E-state index contributed by atoms with van der Waals surface area (Å²) >= 11 is 0. The molecule has 1 rings (SSSR count). The van der Waals surface area contributed by atoms with Crippen LogP contribution in [0, 0.1) is 0 Å². The average Bonchev–Trinajstić information content (AvgIpc) is 2.18. The van der Waals surface area contributed by atoms with Crippen LogP contribution in [0.25, 0.3) is 0 Å². The van der Waals surface area contributed by atoms with Gasteiger partial charge in [0.25, 0.3) is 0 Å². The highest BCUT2D eigenvalue weighted by Gasteiger charge is 2.27. The van der Waals surface area contributed by atoms with Gasteiger partial charge in [0, 0.05) is 12.7 Å². The van der Waals surface area contributed by atoms with Gasteiger partial charge in [0.15, 0.2) is 11.8 Å². The number of para-hydroxylation sites is 1. The monoisotopic (exact) mass is 207 g/mol. The van der Waals surface area contributed by atoms with Crippen LogP contribution in [-0.2, 0) is 9.59 Å². The number of hydrogen-bond acceptors (Lipinski definition) is 3. The van der Waals surface area contributed by atoms with Gasteiger partial charge < -0.3 is 10.0 Å². The smallest absolute Gasteiger partial charge is 0.334 e. The highest BCUT2D eigenvalue weighted by Crippen LogP contribution is 2.14. The van der Waals surface area contributed by atoms with Crippen molar-refractivity contribution in [2.45, 2.75) is 13.0 Å². The normalized spacial score (nSPS) is 11.9. The van der Waals surface area contributed by atoms with E-state index in [2.05, 4.69) is 0 Å². The minimum atomic E-state index is -1.13. The molecule has 0 bridgehead atoms. The summed E-state index contributed by atoms with van der Waals surface area (Å²) in [5.74, 6) is -1.51. The van der Waals surface area contributed by atoms with Crippen molar-refractivity contribution >= 4 is 17.4 Å². The number of aliphatic carboxylic acids is 1. The number of carboxylic acid groups (broad SMARTS) is 1. The Morgan fingerprint density at radius 2 is 1.80 bits per heavy atom. The van der Waals surface area contributed by atoms with Gasteiger partial charge in [-0.1, -0.05) is 18.2 Å². The minimum Gasteiger partial charge on any atom is -0.479 e. The molecule has 1 aromatic carbocycles. The Morgan fingerprint density at radius 1 is 1.27 bits per heavy atom. The quantitative estimate of drug-likeness (QED) is 0.753. The van der Waals surface area contributed by atoms with Crippen LogP contribution in [0.15, 0.2) is 30.3 Å². The standard InChI is InChI=1S/C11H13NO3/c1-8(13)10(11(14)15)12(2)9-6-4-3-5-7-9/h3-7,10H,1-2H3,(H,14,15). The zero-order chi connectivity index (χ0) is 11.4. The van der Waals surface area contributed by atoms with Gasteiger partial charge in [-0.2, -0.15) is 0 Å². The number of carbonyl (C=O) groups is 2. The first kappa shape index (κ1) is 11.2. The van der Waals surface area contributed by atoms with Crippen molar-refractivity contribution in [1.82, 2.24) is 0 Å². The molecule has 80 valence electrons. The fourth-order valence-electron chi connectivity index (χ4n) is 1.42. The van der Waals surface area contributed by atoms with Gasteiger partial charge in [0.05, 0.1) is 0 Å². The molecule has 1 aromatic rings. The number of carbonyl (C=O) groups excluding carboxylic acids is 1. The van der Waals surface area contributed by atoms with Gasteiger partial charge in [0.1, 0.15) is 0 Å². The molecule has 1 unspecified atom stereocenters. The lowest BCUT2D eigenvalue weighted by molar-refractivity contribution is -0.141. The van der Waals surface area contributed by atoms with Crippen molar-refractivity contribution in [1.29, 1.82) is 0 Å². The predicted octanol–water partition coefficient (Wildman–Crippen LogP) is 1.16. The number of hydrogen-bond donors (Lipinski definition) is 1. The molecule has 0 heterocycles. The summed E-state index contributed by atoms with van der Waals surface area (Å²) < 4.78 is 0. The fourth-order valence-corrected chi connectivity index (χ4v) is 1.42. The van der Waals surface area contributed by atoms with Crippen molar-refractivity contribution in [3.8, 4) is 0 Å². The van der Waals surface area contributed by atoms with Gasteiger partial charge >= 0.3 is 5.97 Å². The van der Waals surface area contributed by atoms with Crippen molar-refractivity contribution in [2.75, 3.05) is 11.9 Å². The van der Waals surface area contributed by atoms with E-state index >= 15 is 0 Å². The van der Waals surface area contributed by atoms with Crippen LogP contribution in [0.2, 0.25) is 0 Å². The summed E-state index contributed by atoms with van der Waals surface area (Å²) in [6, 6.07) is 7.83. The lowest BCUT2D eigenvalue weighted by Crippen LogP contribution is -2.43. The van der Waals surface area contributed by atoms with Gasteiger partial charge in [-0.3, -0.25) is 4.79 Å². The highest BCUT2D eigenvalue weighted by molar-refractivity contribution is 6.04. The van der Waals surface area contributed by atoms with Gasteiger partial charge in [0.2, 0.25) is 0 Å². The fraction of sp³-hybridized carbons (Fsp3) is 0.273. The lowest BCUT2D eigenvalue weighted by Gasteiger charge is -2.24. The van der Waals surface area contributed by atoms with Gasteiger partial charge in [-0.25, -0.2) is 4.79 Å². The molecular weight excluding hydrogens is 194 g/mol. The topological polar surface area (TPSA) is 57.6 Å². The molecule has 0 aliphatic rings. The number of benzene rings is 1. The third-order valence-corrected chi connectivity index (χ3v) is 2.17. The Hall–Kier alpha value is -1.84. The molecule has 0 aromatic heterocycles. The summed E-state index contributed by atoms with van der Waals surface area (Å²) in [6.07, 6.45) is 0. The molecule has 1 atom stereocenters. The molecule has 0 radical (unpaired) electrons. The van der Waals surface area contributed by atoms with E-state index in [0.717, 1.165) is 0 Å². The summed E-state index contributed by atoms with van der Waals surface area (Å²) in [5, 5.41) is 8.91. The van der Waals surface area contributed by atoms with Crippen LogP contribution < -0.4 is 4.90 Å². The third-order valence-electron chi connectivity index (χ3n) is 2.17. The minimum absolute atomic E-state index is 0.381. The molecule has 0 fully saturated rings. The first-order chi connectivity index (χ1) is 7.04. The van der Waals surface area contributed by atoms with E-state index in [-0.39, 0.29) is 5.78 Å². The second-order valence-electron chi connectivity index (χ2n) is 3.30. The summed E-state index contributed by atoms with van der Waals surface area (Å²) in [6.45, 7) is 1.28. The molecule has 4 nitrogen and oxygen atoms in total. The number of ketones is 1. The summed E-state index contributed by atoms with van der Waals surface area (Å²) in [5.41, 5.74) is 0.708. The van der Waals surface area contributed by atoms with E-state index in [1.807, 2.05) is 6.07 Å². The van der Waals surface area contributed by atoms with E-state index in [9.17, 15) is 9.59 Å². The van der Waals surface area contributed by atoms with Crippen molar-refractivity contribution in [3.63, 3.8) is 0 Å². The zero-order valence-electron chi connectivity index (χ0n) is 8.68. The number of likely N-dealkylation sites (N-methyl/N-ethyl adjacent to an activating group) is 1. The summed E-state index contributed by atoms with van der Waals surface area (Å²) in [7, 11) is 1.59. The molecule has 0 saturated carbocycles. The molecule has 0 aliphatic carbocycles. The van der Waals surface area contributed by atoms with Gasteiger partial charge in [-0.05, 0) is 19.1 Å². The predicted molar refractivity (Wildman–Crippen MR) is 56.9 cm³/mol. The largest absolute Gasteiger partial charge is 0.479 e. The SMILES string of the molecule is CC(=O)C(C(=O)O)N(C)c1ccccc1.